The number of amides is 1. The molecule has 1 amide bonds. The molecule has 0 bridgehead atoms. The van der Waals surface area contributed by atoms with Crippen molar-refractivity contribution >= 4 is 22.4 Å². The van der Waals surface area contributed by atoms with Crippen LogP contribution >= 0.6 is 11.3 Å². The highest BCUT2D eigenvalue weighted by atomic mass is 32.1. The molecule has 38 heavy (non-hydrogen) atoms. The third-order valence-corrected chi connectivity index (χ3v) is 7.77. The van der Waals surface area contributed by atoms with Gasteiger partial charge < -0.3 is 4.90 Å². The molecular formula is C29H32N6O2S. The van der Waals surface area contributed by atoms with Crippen LogP contribution in [0.15, 0.2) is 65.5 Å². The van der Waals surface area contributed by atoms with Crippen molar-refractivity contribution in [3.63, 3.8) is 0 Å². The lowest BCUT2D eigenvalue weighted by atomic mass is 10.00. The number of anilines is 1. The second-order valence-electron chi connectivity index (χ2n) is 9.98. The van der Waals surface area contributed by atoms with Crippen LogP contribution in [-0.4, -0.2) is 64.1 Å². The number of aromatic amines is 1. The van der Waals surface area contributed by atoms with Crippen molar-refractivity contribution < 1.29 is 4.79 Å². The molecule has 1 aliphatic rings. The highest BCUT2D eigenvalue weighted by Crippen LogP contribution is 2.40. The number of piperazine rings is 1. The second-order valence-corrected chi connectivity index (χ2v) is 11.0. The number of likely N-dealkylation sites (N-methyl/N-ethyl adjacent to an activating group) is 1. The molecule has 0 spiro atoms. The molecule has 1 aliphatic heterocycles. The van der Waals surface area contributed by atoms with E-state index in [9.17, 15) is 9.59 Å². The lowest BCUT2D eigenvalue weighted by Crippen LogP contribution is -2.43. The molecule has 5 rings (SSSR count). The Balaban J connectivity index is 1.39. The first-order chi connectivity index (χ1) is 18.4. The number of hydrogen-bond acceptors (Lipinski definition) is 7. The highest BCUT2D eigenvalue weighted by Gasteiger charge is 2.22. The van der Waals surface area contributed by atoms with Crippen molar-refractivity contribution in [1.82, 2.24) is 25.0 Å². The summed E-state index contributed by atoms with van der Waals surface area (Å²) in [6.45, 7) is 9.20. The van der Waals surface area contributed by atoms with E-state index in [2.05, 4.69) is 32.4 Å². The van der Waals surface area contributed by atoms with Gasteiger partial charge in [0, 0.05) is 49.9 Å². The topological polar surface area (TPSA) is 94.2 Å². The van der Waals surface area contributed by atoms with Gasteiger partial charge in [-0.05, 0) is 36.2 Å². The summed E-state index contributed by atoms with van der Waals surface area (Å²) in [7, 11) is 2.15. The first kappa shape index (κ1) is 26.0. The normalized spacial score (nSPS) is 14.6. The summed E-state index contributed by atoms with van der Waals surface area (Å²) in [6.07, 6.45) is 0. The quantitative estimate of drug-likeness (QED) is 0.362. The van der Waals surface area contributed by atoms with Gasteiger partial charge in [0.15, 0.2) is 5.13 Å². The molecule has 0 atom stereocenters. The van der Waals surface area contributed by atoms with Gasteiger partial charge in [-0.25, -0.2) is 10.1 Å². The summed E-state index contributed by atoms with van der Waals surface area (Å²) >= 11 is 1.36. The number of H-pyrrole nitrogens is 1. The van der Waals surface area contributed by atoms with Crippen molar-refractivity contribution in [1.29, 1.82) is 0 Å². The van der Waals surface area contributed by atoms with Gasteiger partial charge in [0.25, 0.3) is 11.5 Å². The molecule has 0 radical (unpaired) electrons. The van der Waals surface area contributed by atoms with E-state index >= 15 is 0 Å². The SMILES string of the molecule is CC(C)c1cc(=O)[nH]nc1-c1sc(NC(=O)c2ccc(CN3CCN(C)CC3)cc2)nc1-c1ccccc1. The zero-order valence-corrected chi connectivity index (χ0v) is 22.7. The van der Waals surface area contributed by atoms with Crippen LogP contribution in [0, 0.1) is 0 Å². The lowest BCUT2D eigenvalue weighted by molar-refractivity contribution is 0.102. The molecular weight excluding hydrogens is 496 g/mol. The van der Waals surface area contributed by atoms with Crippen molar-refractivity contribution in [2.75, 3.05) is 38.5 Å². The van der Waals surface area contributed by atoms with E-state index in [4.69, 9.17) is 4.98 Å². The van der Waals surface area contributed by atoms with Crippen LogP contribution in [-0.2, 0) is 6.54 Å². The average Bonchev–Trinajstić information content (AvgIpc) is 3.34. The Bertz CT molecular complexity index is 1450. The maximum absolute atomic E-state index is 13.1. The summed E-state index contributed by atoms with van der Waals surface area (Å²) in [4.78, 5) is 35.5. The van der Waals surface area contributed by atoms with Crippen LogP contribution in [0.2, 0.25) is 0 Å². The Morgan fingerprint density at radius 3 is 2.42 bits per heavy atom. The van der Waals surface area contributed by atoms with Crippen LogP contribution in [0.3, 0.4) is 0 Å². The maximum atomic E-state index is 13.1. The monoisotopic (exact) mass is 528 g/mol. The van der Waals surface area contributed by atoms with Crippen molar-refractivity contribution in [2.45, 2.75) is 26.3 Å². The number of carbonyl (C=O) groups is 1. The fourth-order valence-corrected chi connectivity index (χ4v) is 5.55. The fraction of sp³-hybridized carbons (Fsp3) is 0.310. The second kappa shape index (κ2) is 11.4. The number of carbonyl (C=O) groups excluding carboxylic acids is 1. The Morgan fingerprint density at radius 2 is 1.74 bits per heavy atom. The van der Waals surface area contributed by atoms with E-state index in [1.54, 1.807) is 6.07 Å². The molecule has 1 saturated heterocycles. The van der Waals surface area contributed by atoms with E-state index in [1.807, 2.05) is 68.4 Å². The van der Waals surface area contributed by atoms with Gasteiger partial charge in [-0.1, -0.05) is 67.6 Å². The van der Waals surface area contributed by atoms with Crippen LogP contribution in [0.5, 0.6) is 0 Å². The average molecular weight is 529 g/mol. The molecule has 0 aliphatic carbocycles. The Hall–Kier alpha value is -3.66. The molecule has 8 nitrogen and oxygen atoms in total. The summed E-state index contributed by atoms with van der Waals surface area (Å²) in [5.41, 5.74) is 4.67. The van der Waals surface area contributed by atoms with Gasteiger partial charge in [-0.3, -0.25) is 19.8 Å². The van der Waals surface area contributed by atoms with E-state index in [1.165, 1.54) is 16.9 Å². The number of nitrogens with zero attached hydrogens (tertiary/aromatic N) is 4. The Morgan fingerprint density at radius 1 is 1.03 bits per heavy atom. The number of thiazole rings is 1. The molecule has 2 aromatic heterocycles. The summed E-state index contributed by atoms with van der Waals surface area (Å²) < 4.78 is 0. The first-order valence-corrected chi connectivity index (χ1v) is 13.7. The summed E-state index contributed by atoms with van der Waals surface area (Å²) in [6, 6.07) is 19.2. The third-order valence-electron chi connectivity index (χ3n) is 6.79. The predicted molar refractivity (Wildman–Crippen MR) is 153 cm³/mol. The van der Waals surface area contributed by atoms with Crippen LogP contribution in [0.25, 0.3) is 21.8 Å². The van der Waals surface area contributed by atoms with Gasteiger partial charge in [0.1, 0.15) is 5.69 Å². The number of aromatic nitrogens is 3. The smallest absolute Gasteiger partial charge is 0.264 e. The molecule has 1 fully saturated rings. The molecule has 2 N–H and O–H groups in total. The summed E-state index contributed by atoms with van der Waals surface area (Å²) in [5.74, 6) is -0.123. The predicted octanol–water partition coefficient (Wildman–Crippen LogP) is 4.68. The number of rotatable bonds is 7. The molecule has 4 aromatic rings. The van der Waals surface area contributed by atoms with Crippen molar-refractivity contribution in [3.05, 3.63) is 87.7 Å². The molecule has 3 heterocycles. The minimum atomic E-state index is -0.243. The molecule has 9 heteroatoms. The number of nitrogens with one attached hydrogen (secondary N) is 2. The minimum Gasteiger partial charge on any atom is -0.304 e. The molecule has 196 valence electrons. The minimum absolute atomic E-state index is 0.0907. The van der Waals surface area contributed by atoms with E-state index in [0.29, 0.717) is 16.4 Å². The first-order valence-electron chi connectivity index (χ1n) is 12.8. The Kier molecular flexibility index (Phi) is 7.78. The van der Waals surface area contributed by atoms with Crippen molar-refractivity contribution in [3.8, 4) is 21.8 Å². The number of hydrogen-bond donors (Lipinski definition) is 2. The molecule has 0 unspecified atom stereocenters. The van der Waals surface area contributed by atoms with E-state index < -0.39 is 0 Å². The van der Waals surface area contributed by atoms with Gasteiger partial charge in [-0.15, -0.1) is 0 Å². The zero-order valence-electron chi connectivity index (χ0n) is 21.9. The zero-order chi connectivity index (χ0) is 26.6. The Labute approximate surface area is 226 Å². The standard InChI is InChI=1S/C29H32N6O2S/c1-19(2)23-17-24(36)32-33-26(23)27-25(21-7-5-4-6-8-21)30-29(38-27)31-28(37)22-11-9-20(10-12-22)18-35-15-13-34(3)14-16-35/h4-12,17,19H,13-16,18H2,1-3H3,(H,32,36)(H,30,31,37). The van der Waals surface area contributed by atoms with Gasteiger partial charge in [0.05, 0.1) is 10.6 Å². The van der Waals surface area contributed by atoms with Crippen LogP contribution in [0.1, 0.15) is 41.3 Å². The van der Waals surface area contributed by atoms with Gasteiger partial charge in [0.2, 0.25) is 0 Å². The van der Waals surface area contributed by atoms with Crippen LogP contribution < -0.4 is 10.9 Å². The van der Waals surface area contributed by atoms with E-state index in [-0.39, 0.29) is 17.4 Å². The van der Waals surface area contributed by atoms with Gasteiger partial charge >= 0.3 is 0 Å². The molecule has 0 saturated carbocycles. The van der Waals surface area contributed by atoms with Crippen molar-refractivity contribution in [2.24, 2.45) is 0 Å². The van der Waals surface area contributed by atoms with E-state index in [0.717, 1.165) is 54.4 Å². The lowest BCUT2D eigenvalue weighted by Gasteiger charge is -2.32. The number of benzene rings is 2. The third kappa shape index (κ3) is 5.91. The van der Waals surface area contributed by atoms with Gasteiger partial charge in [-0.2, -0.15) is 5.10 Å². The highest BCUT2D eigenvalue weighted by molar-refractivity contribution is 7.19. The largest absolute Gasteiger partial charge is 0.304 e. The maximum Gasteiger partial charge on any atom is 0.264 e. The fourth-order valence-electron chi connectivity index (χ4n) is 4.56. The summed E-state index contributed by atoms with van der Waals surface area (Å²) in [5, 5.41) is 10.4. The van der Waals surface area contributed by atoms with Crippen LogP contribution in [0.4, 0.5) is 5.13 Å². The molecule has 2 aromatic carbocycles.